The largest absolute Gasteiger partial charge is 0.448 e. The summed E-state index contributed by atoms with van der Waals surface area (Å²) in [5, 5.41) is 0. The number of halogens is 5. The molecule has 0 radical (unpaired) electrons. The second-order valence-corrected chi connectivity index (χ2v) is 7.17. The van der Waals surface area contributed by atoms with Crippen LogP contribution in [0.2, 0.25) is 0 Å². The zero-order valence-corrected chi connectivity index (χ0v) is 13.1. The predicted octanol–water partition coefficient (Wildman–Crippen LogP) is 2.43. The monoisotopic (exact) mass is 355 g/mol. The molecule has 0 aliphatic heterocycles. The molecule has 0 bridgehead atoms. The number of ether oxygens (including phenoxy) is 1. The smallest absolute Gasteiger partial charge is 0.394 e. The van der Waals surface area contributed by atoms with E-state index in [0.29, 0.717) is 6.42 Å². The molecule has 1 N–H and O–H groups in total. The van der Waals surface area contributed by atoms with Crippen molar-refractivity contribution in [3.8, 4) is 0 Å². The lowest BCUT2D eigenvalue weighted by Gasteiger charge is -2.21. The Balaban J connectivity index is 4.52. The lowest BCUT2D eigenvalue weighted by Crippen LogP contribution is -2.40. The van der Waals surface area contributed by atoms with E-state index in [4.69, 9.17) is 0 Å². The summed E-state index contributed by atoms with van der Waals surface area (Å²) in [6.07, 6.45) is -7.36. The Morgan fingerprint density at radius 3 is 2.05 bits per heavy atom. The fraction of sp³-hybridized carbons (Fsp3) is 0.909. The maximum Gasteiger partial charge on any atom is 0.394 e. The normalized spacial score (nSPS) is 14.0. The molecule has 0 rings (SSSR count). The Morgan fingerprint density at radius 2 is 1.64 bits per heavy atom. The summed E-state index contributed by atoms with van der Waals surface area (Å²) in [6, 6.07) is 0. The van der Waals surface area contributed by atoms with Crippen LogP contribution in [-0.2, 0) is 19.6 Å². The molecule has 0 spiro atoms. The number of nitrogens with one attached hydrogen (secondary N) is 1. The summed E-state index contributed by atoms with van der Waals surface area (Å²) in [7, 11) is -4.74. The zero-order valence-electron chi connectivity index (χ0n) is 12.3. The van der Waals surface area contributed by atoms with Crippen molar-refractivity contribution >= 4 is 16.0 Å². The van der Waals surface area contributed by atoms with Crippen LogP contribution in [0.3, 0.4) is 0 Å². The van der Waals surface area contributed by atoms with Crippen molar-refractivity contribution < 1.29 is 39.9 Å². The Kier molecular flexibility index (Phi) is 6.76. The van der Waals surface area contributed by atoms with Gasteiger partial charge in [-0.1, -0.05) is 6.92 Å². The van der Waals surface area contributed by atoms with E-state index in [-0.39, 0.29) is 0 Å². The molecule has 5 nitrogen and oxygen atoms in total. The van der Waals surface area contributed by atoms with Crippen LogP contribution < -0.4 is 4.72 Å². The number of alkyl halides is 5. The maximum absolute atomic E-state index is 13.0. The van der Waals surface area contributed by atoms with Gasteiger partial charge in [-0.25, -0.2) is 17.2 Å². The molecule has 132 valence electrons. The summed E-state index contributed by atoms with van der Waals surface area (Å²) >= 11 is 0. The van der Waals surface area contributed by atoms with Gasteiger partial charge in [0.05, 0.1) is 5.41 Å². The van der Waals surface area contributed by atoms with E-state index in [1.54, 1.807) is 6.92 Å². The standard InChI is InChI=1S/C11H18F5NO4S/c1-4-9(2,3)8(18)21-7-17-22(19,20)6-10(12,13)5-11(14,15)16/h17H,4-7H2,1-3H3. The Morgan fingerprint density at radius 1 is 1.14 bits per heavy atom. The van der Waals surface area contributed by atoms with Crippen LogP contribution in [-0.4, -0.2) is 39.0 Å². The van der Waals surface area contributed by atoms with E-state index in [2.05, 4.69) is 4.74 Å². The third-order valence-corrected chi connectivity index (χ3v) is 4.14. The van der Waals surface area contributed by atoms with Crippen molar-refractivity contribution in [1.29, 1.82) is 0 Å². The van der Waals surface area contributed by atoms with Gasteiger partial charge in [-0.3, -0.25) is 4.79 Å². The summed E-state index contributed by atoms with van der Waals surface area (Å²) < 4.78 is 90.3. The molecule has 0 saturated heterocycles. The van der Waals surface area contributed by atoms with Crippen molar-refractivity contribution in [2.24, 2.45) is 5.41 Å². The molecule has 0 aliphatic rings. The Labute approximate surface area is 125 Å². The average molecular weight is 355 g/mol. The van der Waals surface area contributed by atoms with Gasteiger partial charge in [0, 0.05) is 0 Å². The van der Waals surface area contributed by atoms with Gasteiger partial charge in [0.1, 0.15) is 12.2 Å². The van der Waals surface area contributed by atoms with Gasteiger partial charge in [0.15, 0.2) is 6.73 Å². The Hall–Kier alpha value is -0.970. The van der Waals surface area contributed by atoms with Crippen LogP contribution in [0.5, 0.6) is 0 Å². The molecule has 0 aromatic carbocycles. The number of hydrogen-bond acceptors (Lipinski definition) is 4. The molecule has 0 amide bonds. The van der Waals surface area contributed by atoms with Crippen LogP contribution in [0.1, 0.15) is 33.6 Å². The third-order valence-electron chi connectivity index (χ3n) is 2.78. The van der Waals surface area contributed by atoms with Crippen LogP contribution in [0.4, 0.5) is 22.0 Å². The van der Waals surface area contributed by atoms with Crippen LogP contribution in [0.25, 0.3) is 0 Å². The highest BCUT2D eigenvalue weighted by Gasteiger charge is 2.46. The fourth-order valence-electron chi connectivity index (χ4n) is 1.20. The molecule has 0 atom stereocenters. The highest BCUT2D eigenvalue weighted by Crippen LogP contribution is 2.32. The average Bonchev–Trinajstić information content (AvgIpc) is 2.23. The Bertz CT molecular complexity index is 487. The number of carbonyl (C=O) groups is 1. The van der Waals surface area contributed by atoms with Crippen molar-refractivity contribution in [3.63, 3.8) is 0 Å². The molecule has 11 heteroatoms. The first kappa shape index (κ1) is 21.0. The summed E-state index contributed by atoms with van der Waals surface area (Å²) in [5.41, 5.74) is -0.897. The fourth-order valence-corrected chi connectivity index (χ4v) is 2.20. The number of hydrogen-bond donors (Lipinski definition) is 1. The van der Waals surface area contributed by atoms with Crippen molar-refractivity contribution in [3.05, 3.63) is 0 Å². The van der Waals surface area contributed by atoms with E-state index < -0.39 is 52.4 Å². The molecular formula is C11H18F5NO4S. The van der Waals surface area contributed by atoms with Gasteiger partial charge in [0.2, 0.25) is 10.0 Å². The minimum absolute atomic E-state index is 0.391. The first-order chi connectivity index (χ1) is 9.60. The van der Waals surface area contributed by atoms with E-state index in [1.165, 1.54) is 18.6 Å². The van der Waals surface area contributed by atoms with E-state index in [9.17, 15) is 35.2 Å². The molecule has 0 aliphatic carbocycles. The highest BCUT2D eigenvalue weighted by atomic mass is 32.2. The van der Waals surface area contributed by atoms with Gasteiger partial charge in [0.25, 0.3) is 5.92 Å². The highest BCUT2D eigenvalue weighted by molar-refractivity contribution is 7.89. The lowest BCUT2D eigenvalue weighted by molar-refractivity contribution is -0.181. The molecule has 22 heavy (non-hydrogen) atoms. The minimum Gasteiger partial charge on any atom is -0.448 e. The lowest BCUT2D eigenvalue weighted by atomic mass is 9.91. The number of sulfonamides is 1. The molecule has 0 heterocycles. The second kappa shape index (κ2) is 7.07. The van der Waals surface area contributed by atoms with E-state index in [1.807, 2.05) is 0 Å². The first-order valence-corrected chi connectivity index (χ1v) is 7.85. The summed E-state index contributed by atoms with van der Waals surface area (Å²) in [6.45, 7) is 3.82. The quantitative estimate of drug-likeness (QED) is 0.412. The SMILES string of the molecule is CCC(C)(C)C(=O)OCNS(=O)(=O)CC(F)(F)CC(F)(F)F. The number of carbonyl (C=O) groups excluding carboxylic acids is 1. The first-order valence-electron chi connectivity index (χ1n) is 6.19. The summed E-state index contributed by atoms with van der Waals surface area (Å²) in [4.78, 5) is 11.5. The van der Waals surface area contributed by atoms with Crippen LogP contribution in [0, 0.1) is 5.41 Å². The van der Waals surface area contributed by atoms with Crippen LogP contribution in [0.15, 0.2) is 0 Å². The number of esters is 1. The molecule has 0 saturated carbocycles. The van der Waals surface area contributed by atoms with Gasteiger partial charge >= 0.3 is 12.1 Å². The van der Waals surface area contributed by atoms with Crippen LogP contribution >= 0.6 is 0 Å². The molecule has 0 aromatic heterocycles. The zero-order chi connectivity index (χ0) is 17.8. The van der Waals surface area contributed by atoms with Crippen molar-refractivity contribution in [2.75, 3.05) is 12.5 Å². The molecular weight excluding hydrogens is 337 g/mol. The maximum atomic E-state index is 13.0. The third kappa shape index (κ3) is 8.47. The van der Waals surface area contributed by atoms with Crippen molar-refractivity contribution in [2.45, 2.75) is 45.7 Å². The van der Waals surface area contributed by atoms with Gasteiger partial charge in [-0.15, -0.1) is 0 Å². The van der Waals surface area contributed by atoms with Crippen molar-refractivity contribution in [1.82, 2.24) is 4.72 Å². The van der Waals surface area contributed by atoms with Gasteiger partial charge in [-0.2, -0.15) is 17.9 Å². The van der Waals surface area contributed by atoms with Gasteiger partial charge < -0.3 is 4.74 Å². The van der Waals surface area contributed by atoms with Gasteiger partial charge in [-0.05, 0) is 20.3 Å². The topological polar surface area (TPSA) is 72.5 Å². The second-order valence-electron chi connectivity index (χ2n) is 5.36. The van der Waals surface area contributed by atoms with E-state index >= 15 is 0 Å². The van der Waals surface area contributed by atoms with E-state index in [0.717, 1.165) is 0 Å². The predicted molar refractivity (Wildman–Crippen MR) is 67.6 cm³/mol. The summed E-state index contributed by atoms with van der Waals surface area (Å²) in [5.74, 6) is -7.29. The number of rotatable bonds is 8. The minimum atomic E-state index is -5.20. The molecule has 0 fully saturated rings. The molecule has 0 aromatic rings. The molecule has 0 unspecified atom stereocenters.